The number of aromatic nitrogens is 2. The monoisotopic (exact) mass is 230 g/mol. The predicted octanol–water partition coefficient (Wildman–Crippen LogP) is 2.03. The largest absolute Gasteiger partial charge is 0.326 e. The van der Waals surface area contributed by atoms with Crippen LogP contribution in [0.15, 0.2) is 33.9 Å². The maximum Gasteiger partial charge on any atom is 0.326 e. The van der Waals surface area contributed by atoms with Crippen LogP contribution in [0, 0.1) is 0 Å². The fraction of sp³-hybridized carbons (Fsp3) is 0.231. The molecule has 2 aromatic rings. The Bertz CT molecular complexity index is 665. The molecule has 0 bridgehead atoms. The summed E-state index contributed by atoms with van der Waals surface area (Å²) in [7, 11) is 0. The molecule has 4 nitrogen and oxygen atoms in total. The summed E-state index contributed by atoms with van der Waals surface area (Å²) in [4.78, 5) is 27.7. The topological polar surface area (TPSA) is 65.7 Å². The van der Waals surface area contributed by atoms with Crippen LogP contribution in [0.1, 0.15) is 25.3 Å². The maximum atomic E-state index is 11.6. The summed E-state index contributed by atoms with van der Waals surface area (Å²) in [5.74, 6) is 0. The molecule has 0 unspecified atom stereocenters. The zero-order valence-corrected chi connectivity index (χ0v) is 9.62. The summed E-state index contributed by atoms with van der Waals surface area (Å²) in [6, 6.07) is 5.38. The van der Waals surface area contributed by atoms with E-state index in [0.717, 1.165) is 18.4 Å². The number of aromatic amines is 2. The summed E-state index contributed by atoms with van der Waals surface area (Å²) >= 11 is 0. The first-order chi connectivity index (χ1) is 8.22. The number of allylic oxidation sites excluding steroid dienone is 1. The van der Waals surface area contributed by atoms with E-state index in [4.69, 9.17) is 0 Å². The predicted molar refractivity (Wildman–Crippen MR) is 69.1 cm³/mol. The molecule has 0 atom stereocenters. The van der Waals surface area contributed by atoms with Gasteiger partial charge in [0, 0.05) is 0 Å². The fourth-order valence-corrected chi connectivity index (χ4v) is 1.73. The Morgan fingerprint density at radius 2 is 2.06 bits per heavy atom. The Hall–Kier alpha value is -2.10. The number of hydrogen-bond acceptors (Lipinski definition) is 2. The third kappa shape index (κ3) is 2.36. The van der Waals surface area contributed by atoms with Crippen molar-refractivity contribution in [2.24, 2.45) is 0 Å². The molecule has 0 aliphatic carbocycles. The summed E-state index contributed by atoms with van der Waals surface area (Å²) in [5.41, 5.74) is 0.626. The number of unbranched alkanes of at least 4 members (excludes halogenated alkanes) is 1. The van der Waals surface area contributed by atoms with Crippen LogP contribution in [0.2, 0.25) is 0 Å². The number of rotatable bonds is 3. The first-order valence-corrected chi connectivity index (χ1v) is 5.64. The summed E-state index contributed by atoms with van der Waals surface area (Å²) in [6.07, 6.45) is 6.01. The van der Waals surface area contributed by atoms with Crippen molar-refractivity contribution in [1.82, 2.24) is 9.97 Å². The van der Waals surface area contributed by atoms with Crippen LogP contribution >= 0.6 is 0 Å². The SMILES string of the molecule is CCCC=Cc1cccc2c(=O)[nH]c(=O)[nH]c12. The van der Waals surface area contributed by atoms with Crippen molar-refractivity contribution < 1.29 is 0 Å². The van der Waals surface area contributed by atoms with Gasteiger partial charge in [-0.15, -0.1) is 0 Å². The Morgan fingerprint density at radius 1 is 1.24 bits per heavy atom. The molecular weight excluding hydrogens is 216 g/mol. The molecule has 2 N–H and O–H groups in total. The molecule has 17 heavy (non-hydrogen) atoms. The Balaban J connectivity index is 2.64. The van der Waals surface area contributed by atoms with Crippen LogP contribution in [0.4, 0.5) is 0 Å². The normalized spacial score (nSPS) is 11.4. The molecule has 0 radical (unpaired) electrons. The molecule has 1 aromatic carbocycles. The van der Waals surface area contributed by atoms with Crippen molar-refractivity contribution in [2.45, 2.75) is 19.8 Å². The minimum absolute atomic E-state index is 0.352. The molecule has 2 rings (SSSR count). The first-order valence-electron chi connectivity index (χ1n) is 5.64. The highest BCUT2D eigenvalue weighted by Crippen LogP contribution is 2.13. The van der Waals surface area contributed by atoms with Crippen LogP contribution in [-0.2, 0) is 0 Å². The second kappa shape index (κ2) is 4.82. The van der Waals surface area contributed by atoms with Crippen molar-refractivity contribution in [1.29, 1.82) is 0 Å². The number of H-pyrrole nitrogens is 2. The lowest BCUT2D eigenvalue weighted by atomic mass is 10.1. The smallest absolute Gasteiger partial charge is 0.306 e. The van der Waals surface area contributed by atoms with E-state index in [1.807, 2.05) is 24.3 Å². The highest BCUT2D eigenvalue weighted by atomic mass is 16.2. The summed E-state index contributed by atoms with van der Waals surface area (Å²) in [5, 5.41) is 0.503. The molecule has 0 aliphatic heterocycles. The molecule has 88 valence electrons. The quantitative estimate of drug-likeness (QED) is 0.847. The van der Waals surface area contributed by atoms with E-state index in [1.165, 1.54) is 0 Å². The molecule has 1 aromatic heterocycles. The Kier molecular flexibility index (Phi) is 3.23. The Morgan fingerprint density at radius 3 is 2.82 bits per heavy atom. The van der Waals surface area contributed by atoms with E-state index in [0.29, 0.717) is 10.9 Å². The van der Waals surface area contributed by atoms with Gasteiger partial charge in [0.2, 0.25) is 0 Å². The van der Waals surface area contributed by atoms with Crippen molar-refractivity contribution in [3.8, 4) is 0 Å². The number of fused-ring (bicyclic) bond motifs is 1. The molecule has 4 heteroatoms. The van der Waals surface area contributed by atoms with E-state index in [-0.39, 0.29) is 5.56 Å². The zero-order chi connectivity index (χ0) is 12.3. The van der Waals surface area contributed by atoms with Crippen LogP contribution < -0.4 is 11.2 Å². The number of hydrogen-bond donors (Lipinski definition) is 2. The van der Waals surface area contributed by atoms with Crippen LogP contribution in [0.5, 0.6) is 0 Å². The third-order valence-electron chi connectivity index (χ3n) is 2.56. The molecular formula is C13H14N2O2. The molecule has 0 aliphatic rings. The van der Waals surface area contributed by atoms with Gasteiger partial charge in [-0.25, -0.2) is 4.79 Å². The lowest BCUT2D eigenvalue weighted by molar-refractivity contribution is 0.962. The van der Waals surface area contributed by atoms with Crippen molar-refractivity contribution >= 4 is 17.0 Å². The van der Waals surface area contributed by atoms with Gasteiger partial charge in [0.1, 0.15) is 0 Å². The van der Waals surface area contributed by atoms with Crippen LogP contribution in [0.25, 0.3) is 17.0 Å². The molecule has 0 saturated heterocycles. The van der Waals surface area contributed by atoms with Crippen molar-refractivity contribution in [3.05, 3.63) is 50.7 Å². The number of para-hydroxylation sites is 1. The average Bonchev–Trinajstić information content (AvgIpc) is 2.30. The molecule has 0 fully saturated rings. The van der Waals surface area contributed by atoms with Gasteiger partial charge < -0.3 is 4.98 Å². The van der Waals surface area contributed by atoms with Crippen LogP contribution in [-0.4, -0.2) is 9.97 Å². The van der Waals surface area contributed by atoms with E-state index in [1.54, 1.807) is 6.07 Å². The van der Waals surface area contributed by atoms with Gasteiger partial charge in [0.05, 0.1) is 10.9 Å². The van der Waals surface area contributed by atoms with E-state index >= 15 is 0 Å². The third-order valence-corrected chi connectivity index (χ3v) is 2.56. The minimum Gasteiger partial charge on any atom is -0.306 e. The van der Waals surface area contributed by atoms with Gasteiger partial charge in [-0.2, -0.15) is 0 Å². The van der Waals surface area contributed by atoms with Crippen molar-refractivity contribution in [3.63, 3.8) is 0 Å². The van der Waals surface area contributed by atoms with E-state index in [9.17, 15) is 9.59 Å². The number of benzene rings is 1. The lowest BCUT2D eigenvalue weighted by Gasteiger charge is -2.00. The first kappa shape index (κ1) is 11.4. The molecule has 1 heterocycles. The van der Waals surface area contributed by atoms with Crippen molar-refractivity contribution in [2.75, 3.05) is 0 Å². The molecule has 0 spiro atoms. The average molecular weight is 230 g/mol. The van der Waals surface area contributed by atoms with Crippen LogP contribution in [0.3, 0.4) is 0 Å². The zero-order valence-electron chi connectivity index (χ0n) is 9.62. The van der Waals surface area contributed by atoms with Gasteiger partial charge in [0.15, 0.2) is 0 Å². The van der Waals surface area contributed by atoms with Gasteiger partial charge in [-0.05, 0) is 18.1 Å². The molecule has 0 amide bonds. The van der Waals surface area contributed by atoms with E-state index < -0.39 is 5.69 Å². The van der Waals surface area contributed by atoms with Gasteiger partial charge in [0.25, 0.3) is 5.56 Å². The maximum absolute atomic E-state index is 11.6. The molecule has 0 saturated carbocycles. The lowest BCUT2D eigenvalue weighted by Crippen LogP contribution is -2.22. The fourth-order valence-electron chi connectivity index (χ4n) is 1.73. The standard InChI is InChI=1S/C13H14N2O2/c1-2-3-4-6-9-7-5-8-10-11(9)14-13(17)15-12(10)16/h4-8H,2-3H2,1H3,(H2,14,15,16,17). The Labute approximate surface area is 98.0 Å². The minimum atomic E-state index is -0.473. The second-order valence-corrected chi connectivity index (χ2v) is 3.87. The van der Waals surface area contributed by atoms with Gasteiger partial charge in [-0.3, -0.25) is 9.78 Å². The summed E-state index contributed by atoms with van der Waals surface area (Å²) < 4.78 is 0. The highest BCUT2D eigenvalue weighted by molar-refractivity contribution is 5.86. The number of nitrogens with one attached hydrogen (secondary N) is 2. The summed E-state index contributed by atoms with van der Waals surface area (Å²) in [6.45, 7) is 2.10. The van der Waals surface area contributed by atoms with E-state index in [2.05, 4.69) is 16.9 Å². The second-order valence-electron chi connectivity index (χ2n) is 3.87. The van der Waals surface area contributed by atoms with Gasteiger partial charge >= 0.3 is 5.69 Å². The highest BCUT2D eigenvalue weighted by Gasteiger charge is 2.02. The van der Waals surface area contributed by atoms with Gasteiger partial charge in [-0.1, -0.05) is 37.6 Å².